The van der Waals surface area contributed by atoms with E-state index < -0.39 is 11.6 Å². The van der Waals surface area contributed by atoms with Crippen LogP contribution in [0, 0.1) is 11.6 Å². The lowest BCUT2D eigenvalue weighted by molar-refractivity contribution is 0.358. The number of aromatic amines is 1. The first kappa shape index (κ1) is 24.6. The first-order valence-electron chi connectivity index (χ1n) is 11.0. The highest BCUT2D eigenvalue weighted by atomic mass is 19.1. The van der Waals surface area contributed by atoms with Crippen LogP contribution in [-0.2, 0) is 13.6 Å². The molecule has 0 saturated carbocycles. The average molecular weight is 494 g/mol. The maximum atomic E-state index is 15.5. The first-order valence-corrected chi connectivity index (χ1v) is 11.0. The molecule has 3 heterocycles. The Morgan fingerprint density at radius 1 is 1.14 bits per heavy atom. The summed E-state index contributed by atoms with van der Waals surface area (Å²) in [6.07, 6.45) is 12.0. The van der Waals surface area contributed by atoms with Gasteiger partial charge in [-0.2, -0.15) is 5.10 Å². The van der Waals surface area contributed by atoms with Crippen LogP contribution in [0.25, 0.3) is 12.2 Å². The Balaban J connectivity index is 1.88. The van der Waals surface area contributed by atoms with Gasteiger partial charge in [-0.25, -0.2) is 18.7 Å². The number of H-pyrrole nitrogens is 1. The number of aromatic nitrogens is 5. The summed E-state index contributed by atoms with van der Waals surface area (Å²) in [6, 6.07) is 4.53. The number of rotatable bonds is 9. The van der Waals surface area contributed by atoms with Gasteiger partial charge in [0.2, 0.25) is 0 Å². The van der Waals surface area contributed by atoms with E-state index in [1.807, 2.05) is 19.3 Å². The van der Waals surface area contributed by atoms with E-state index in [4.69, 9.17) is 14.5 Å². The van der Waals surface area contributed by atoms with Crippen molar-refractivity contribution >= 4 is 35.6 Å². The maximum Gasteiger partial charge on any atom is 0.191 e. The second kappa shape index (κ2) is 10.8. The predicted molar refractivity (Wildman–Crippen MR) is 134 cm³/mol. The van der Waals surface area contributed by atoms with E-state index in [9.17, 15) is 0 Å². The molecule has 4 aromatic rings. The third-order valence-corrected chi connectivity index (χ3v) is 5.27. The second-order valence-electron chi connectivity index (χ2n) is 7.62. The summed E-state index contributed by atoms with van der Waals surface area (Å²) in [5, 5.41) is 4.16. The maximum absolute atomic E-state index is 15.5. The van der Waals surface area contributed by atoms with Gasteiger partial charge < -0.3 is 19.4 Å². The van der Waals surface area contributed by atoms with Gasteiger partial charge in [-0.15, -0.1) is 0 Å². The van der Waals surface area contributed by atoms with Gasteiger partial charge in [0.15, 0.2) is 23.1 Å². The Bertz CT molecular complexity index is 1370. The van der Waals surface area contributed by atoms with Crippen molar-refractivity contribution < 1.29 is 18.3 Å². The molecule has 4 rings (SSSR count). The van der Waals surface area contributed by atoms with E-state index >= 15 is 8.78 Å². The summed E-state index contributed by atoms with van der Waals surface area (Å²) in [4.78, 5) is 17.6. The smallest absolute Gasteiger partial charge is 0.191 e. The van der Waals surface area contributed by atoms with Gasteiger partial charge in [-0.3, -0.25) is 9.67 Å². The molecule has 0 saturated heterocycles. The molecule has 0 aliphatic carbocycles. The number of ether oxygens (including phenoxy) is 2. The molecule has 0 aliphatic heterocycles. The molecule has 36 heavy (non-hydrogen) atoms. The molecule has 186 valence electrons. The number of hydrogen-bond donors (Lipinski definition) is 1. The van der Waals surface area contributed by atoms with Crippen molar-refractivity contribution in [3.8, 4) is 11.5 Å². The molecular formula is C25H25F2N7O2. The van der Waals surface area contributed by atoms with E-state index in [1.54, 1.807) is 54.6 Å². The predicted octanol–water partition coefficient (Wildman–Crippen LogP) is 5.06. The van der Waals surface area contributed by atoms with Crippen molar-refractivity contribution in [2.24, 2.45) is 12.0 Å². The Labute approximate surface area is 206 Å². The zero-order valence-electron chi connectivity index (χ0n) is 20.2. The lowest BCUT2D eigenvalue weighted by Crippen LogP contribution is -2.22. The van der Waals surface area contributed by atoms with Crippen molar-refractivity contribution in [2.45, 2.75) is 13.5 Å². The number of imidazole rings is 1. The van der Waals surface area contributed by atoms with E-state index in [1.165, 1.54) is 19.1 Å². The van der Waals surface area contributed by atoms with Crippen LogP contribution in [0.5, 0.6) is 11.5 Å². The third kappa shape index (κ3) is 5.09. The van der Waals surface area contributed by atoms with Gasteiger partial charge in [0.05, 0.1) is 38.3 Å². The van der Waals surface area contributed by atoms with Crippen LogP contribution in [0.1, 0.15) is 24.0 Å². The Morgan fingerprint density at radius 3 is 2.47 bits per heavy atom. The van der Waals surface area contributed by atoms with Crippen molar-refractivity contribution in [3.63, 3.8) is 0 Å². The number of aliphatic imine (C=N–C) groups is 1. The summed E-state index contributed by atoms with van der Waals surface area (Å²) in [7, 11) is 4.42. The zero-order chi connectivity index (χ0) is 25.7. The Morgan fingerprint density at radius 2 is 1.89 bits per heavy atom. The third-order valence-electron chi connectivity index (χ3n) is 5.27. The van der Waals surface area contributed by atoms with Gasteiger partial charge in [0, 0.05) is 43.5 Å². The molecule has 11 heteroatoms. The number of methoxy groups -OCH3 is 2. The first-order chi connectivity index (χ1) is 17.4. The number of nitrogens with one attached hydrogen (secondary N) is 1. The van der Waals surface area contributed by atoms with Crippen molar-refractivity contribution in [2.75, 3.05) is 19.1 Å². The number of anilines is 2. The summed E-state index contributed by atoms with van der Waals surface area (Å²) < 4.78 is 43.0. The minimum Gasteiger partial charge on any atom is -0.493 e. The molecule has 3 aromatic heterocycles. The lowest BCUT2D eigenvalue weighted by atomic mass is 10.2. The molecular weight excluding hydrogens is 468 g/mol. The van der Waals surface area contributed by atoms with Crippen LogP contribution < -0.4 is 14.4 Å². The fraction of sp³-hybridized carbons (Fsp3) is 0.200. The van der Waals surface area contributed by atoms with Gasteiger partial charge in [0.25, 0.3) is 0 Å². The number of benzene rings is 1. The molecule has 0 fully saturated rings. The van der Waals surface area contributed by atoms with Crippen molar-refractivity contribution in [1.82, 2.24) is 24.7 Å². The summed E-state index contributed by atoms with van der Waals surface area (Å²) in [6.45, 7) is 1.78. The highest BCUT2D eigenvalue weighted by Gasteiger charge is 2.27. The standard InChI is InChI=1S/C25H25F2N7O2/c1-5-28-17-8-9-22(32-18(17)7-6-16-13-31-33(2)14-16)34(15-21-29-10-11-30-21)25-23(26)19(35-3)12-20(36-4)24(25)27/h5-14H,15H2,1-4H3,(H,29,30)/b7-6+,28-5-. The van der Waals surface area contributed by atoms with Gasteiger partial charge in [-0.1, -0.05) is 0 Å². The molecule has 1 N–H and O–H groups in total. The van der Waals surface area contributed by atoms with Crippen LogP contribution in [0.15, 0.2) is 48.0 Å². The van der Waals surface area contributed by atoms with Crippen LogP contribution in [-0.4, -0.2) is 45.2 Å². The number of pyridine rings is 1. The van der Waals surface area contributed by atoms with E-state index in [-0.39, 0.29) is 29.5 Å². The van der Waals surface area contributed by atoms with Gasteiger partial charge in [0.1, 0.15) is 17.3 Å². The highest BCUT2D eigenvalue weighted by Crippen LogP contribution is 2.40. The lowest BCUT2D eigenvalue weighted by Gasteiger charge is -2.26. The fourth-order valence-corrected chi connectivity index (χ4v) is 3.60. The average Bonchev–Trinajstić information content (AvgIpc) is 3.55. The molecule has 0 atom stereocenters. The minimum atomic E-state index is -0.896. The number of halogens is 2. The summed E-state index contributed by atoms with van der Waals surface area (Å²) in [5.74, 6) is -1.39. The summed E-state index contributed by atoms with van der Waals surface area (Å²) >= 11 is 0. The van der Waals surface area contributed by atoms with Crippen molar-refractivity contribution in [1.29, 1.82) is 0 Å². The summed E-state index contributed by atoms with van der Waals surface area (Å²) in [5.41, 5.74) is 1.56. The van der Waals surface area contributed by atoms with E-state index in [0.717, 1.165) is 11.6 Å². The van der Waals surface area contributed by atoms with E-state index in [0.29, 0.717) is 17.2 Å². The highest BCUT2D eigenvalue weighted by molar-refractivity contribution is 5.77. The largest absolute Gasteiger partial charge is 0.493 e. The van der Waals surface area contributed by atoms with Crippen LogP contribution in [0.3, 0.4) is 0 Å². The van der Waals surface area contributed by atoms with Crippen LogP contribution in [0.4, 0.5) is 26.0 Å². The number of hydrogen-bond acceptors (Lipinski definition) is 7. The van der Waals surface area contributed by atoms with Crippen LogP contribution >= 0.6 is 0 Å². The number of aryl methyl sites for hydroxylation is 1. The SMILES string of the molecule is C/C=N\c1ccc(N(Cc2ncc[nH]2)c2c(F)c(OC)cc(OC)c2F)nc1/C=C/c1cnn(C)c1. The van der Waals surface area contributed by atoms with Crippen LogP contribution in [0.2, 0.25) is 0 Å². The molecule has 1 aromatic carbocycles. The molecule has 0 radical (unpaired) electrons. The molecule has 0 aliphatic rings. The molecule has 9 nitrogen and oxygen atoms in total. The molecule has 0 unspecified atom stereocenters. The Hall–Kier alpha value is -4.54. The molecule has 0 spiro atoms. The fourth-order valence-electron chi connectivity index (χ4n) is 3.60. The topological polar surface area (TPSA) is 93.5 Å². The monoisotopic (exact) mass is 493 g/mol. The molecule has 0 bridgehead atoms. The zero-order valence-corrected chi connectivity index (χ0v) is 20.2. The normalized spacial score (nSPS) is 11.5. The van der Waals surface area contributed by atoms with E-state index in [2.05, 4.69) is 20.1 Å². The quantitative estimate of drug-likeness (QED) is 0.328. The van der Waals surface area contributed by atoms with Gasteiger partial charge >= 0.3 is 0 Å². The number of nitrogens with zero attached hydrogens (tertiary/aromatic N) is 6. The van der Waals surface area contributed by atoms with Gasteiger partial charge in [-0.05, 0) is 31.2 Å². The molecule has 0 amide bonds. The van der Waals surface area contributed by atoms with Crippen molar-refractivity contribution in [3.05, 3.63) is 71.7 Å². The Kier molecular flexibility index (Phi) is 7.38. The second-order valence-corrected chi connectivity index (χ2v) is 7.62. The minimum absolute atomic E-state index is 0.00763.